The highest BCUT2D eigenvalue weighted by Gasteiger charge is 2.07. The van der Waals surface area contributed by atoms with E-state index in [0.717, 1.165) is 31.1 Å². The fourth-order valence-electron chi connectivity index (χ4n) is 1.20. The molecule has 0 aromatic carbocycles. The van der Waals surface area contributed by atoms with E-state index in [1.165, 1.54) is 0 Å². The van der Waals surface area contributed by atoms with Crippen molar-refractivity contribution in [1.29, 1.82) is 0 Å². The Labute approximate surface area is 69.8 Å². The minimum atomic E-state index is -0.831. The summed E-state index contributed by atoms with van der Waals surface area (Å²) in [4.78, 5) is 0. The topological polar surface area (TPSA) is 66.5 Å². The van der Waals surface area contributed by atoms with Gasteiger partial charge in [0.05, 0.1) is 0 Å². The van der Waals surface area contributed by atoms with Gasteiger partial charge in [-0.1, -0.05) is 6.04 Å². The molecular weight excluding hydrogens is 158 g/mol. The van der Waals surface area contributed by atoms with Crippen LogP contribution in [0, 0.1) is 0 Å². The Hall–Kier alpha value is 0.0969. The van der Waals surface area contributed by atoms with E-state index in [-0.39, 0.29) is 13.2 Å². The van der Waals surface area contributed by atoms with Gasteiger partial charge in [0.25, 0.3) is 0 Å². The van der Waals surface area contributed by atoms with Gasteiger partial charge in [-0.05, 0) is 25.1 Å². The van der Waals surface area contributed by atoms with Crippen LogP contribution in [0.25, 0.3) is 0 Å². The van der Waals surface area contributed by atoms with Crippen LogP contribution in [0.15, 0.2) is 0 Å². The van der Waals surface area contributed by atoms with Gasteiger partial charge in [-0.25, -0.2) is 0 Å². The number of hydrogen-bond acceptors (Lipinski definition) is 3. The van der Waals surface area contributed by atoms with E-state index >= 15 is 0 Å². The van der Waals surface area contributed by atoms with Gasteiger partial charge in [-0.2, -0.15) is 0 Å². The average molecular weight is 177 g/mol. The van der Waals surface area contributed by atoms with E-state index in [9.17, 15) is 0 Å². The Morgan fingerprint density at radius 2 is 1.55 bits per heavy atom. The van der Waals surface area contributed by atoms with Crippen molar-refractivity contribution in [2.24, 2.45) is 5.73 Å². The highest BCUT2D eigenvalue weighted by Crippen LogP contribution is 2.06. The van der Waals surface area contributed by atoms with E-state index in [4.69, 9.17) is 15.9 Å². The first-order valence-corrected chi connectivity index (χ1v) is 6.71. The van der Waals surface area contributed by atoms with Crippen molar-refractivity contribution in [2.45, 2.75) is 24.6 Å². The molecule has 0 aliphatic rings. The summed E-state index contributed by atoms with van der Waals surface area (Å²) < 4.78 is 0. The zero-order valence-corrected chi connectivity index (χ0v) is 8.15. The smallest absolute Gasteiger partial charge is 0.0416 e. The van der Waals surface area contributed by atoms with Crippen LogP contribution in [-0.4, -0.2) is 38.8 Å². The monoisotopic (exact) mass is 177 g/mol. The van der Waals surface area contributed by atoms with Gasteiger partial charge in [0.2, 0.25) is 0 Å². The highest BCUT2D eigenvalue weighted by molar-refractivity contribution is 6.58. The molecule has 0 spiro atoms. The van der Waals surface area contributed by atoms with E-state index in [0.29, 0.717) is 0 Å². The number of aliphatic hydroxyl groups is 2. The third-order valence-electron chi connectivity index (χ3n) is 1.89. The maximum absolute atomic E-state index is 8.68. The molecule has 0 aliphatic carbocycles. The largest absolute Gasteiger partial charge is 0.397 e. The molecule has 68 valence electrons. The van der Waals surface area contributed by atoms with Gasteiger partial charge in [-0.3, -0.25) is 0 Å². The summed E-state index contributed by atoms with van der Waals surface area (Å²) in [7, 11) is -0.831. The molecule has 0 rings (SSSR count). The lowest BCUT2D eigenvalue weighted by Gasteiger charge is -2.10. The van der Waals surface area contributed by atoms with Gasteiger partial charge < -0.3 is 15.9 Å². The SMILES string of the molecule is NCCC[SiH](CCO)CCO. The van der Waals surface area contributed by atoms with E-state index in [1.54, 1.807) is 0 Å². The molecule has 0 bridgehead atoms. The van der Waals surface area contributed by atoms with Crippen LogP contribution >= 0.6 is 0 Å². The highest BCUT2D eigenvalue weighted by atomic mass is 28.3. The van der Waals surface area contributed by atoms with Gasteiger partial charge in [0.1, 0.15) is 0 Å². The molecule has 4 N–H and O–H groups in total. The van der Waals surface area contributed by atoms with Crippen LogP contribution in [0.5, 0.6) is 0 Å². The van der Waals surface area contributed by atoms with Crippen LogP contribution in [0.3, 0.4) is 0 Å². The van der Waals surface area contributed by atoms with Crippen molar-refractivity contribution in [2.75, 3.05) is 19.8 Å². The van der Waals surface area contributed by atoms with E-state index in [2.05, 4.69) is 0 Å². The zero-order valence-electron chi connectivity index (χ0n) is 7.00. The lowest BCUT2D eigenvalue weighted by molar-refractivity contribution is 0.309. The minimum Gasteiger partial charge on any atom is -0.397 e. The second-order valence-electron chi connectivity index (χ2n) is 2.82. The first-order valence-electron chi connectivity index (χ1n) is 4.27. The molecule has 4 heteroatoms. The molecule has 0 amide bonds. The van der Waals surface area contributed by atoms with Gasteiger partial charge >= 0.3 is 0 Å². The standard InChI is InChI=1S/C7H19NO2Si/c8-2-1-5-11(6-3-9)7-4-10/h9-11H,1-8H2. The van der Waals surface area contributed by atoms with Gasteiger partial charge in [-0.15, -0.1) is 0 Å². The van der Waals surface area contributed by atoms with Crippen molar-refractivity contribution in [3.8, 4) is 0 Å². The molecule has 0 aromatic rings. The quantitative estimate of drug-likeness (QED) is 0.461. The maximum Gasteiger partial charge on any atom is 0.0416 e. The summed E-state index contributed by atoms with van der Waals surface area (Å²) in [5, 5.41) is 17.4. The zero-order chi connectivity index (χ0) is 8.53. The minimum absolute atomic E-state index is 0.279. The normalized spacial score (nSPS) is 10.9. The summed E-state index contributed by atoms with van der Waals surface area (Å²) in [6.07, 6.45) is 1.05. The van der Waals surface area contributed by atoms with E-state index in [1.807, 2.05) is 0 Å². The molecule has 0 heterocycles. The molecule has 11 heavy (non-hydrogen) atoms. The van der Waals surface area contributed by atoms with Crippen LogP contribution in [-0.2, 0) is 0 Å². The van der Waals surface area contributed by atoms with Crippen molar-refractivity contribution >= 4 is 8.80 Å². The van der Waals surface area contributed by atoms with Crippen molar-refractivity contribution in [1.82, 2.24) is 0 Å². The first-order chi connectivity index (χ1) is 5.35. The summed E-state index contributed by atoms with van der Waals surface area (Å²) in [5.41, 5.74) is 5.37. The fourth-order valence-corrected chi connectivity index (χ4v) is 3.61. The van der Waals surface area contributed by atoms with Gasteiger partial charge in [0, 0.05) is 22.0 Å². The third-order valence-corrected chi connectivity index (χ3v) is 5.27. The molecule has 0 fully saturated rings. The average Bonchev–Trinajstić information content (AvgIpc) is 2.01. The van der Waals surface area contributed by atoms with Crippen LogP contribution < -0.4 is 5.73 Å². The summed E-state index contributed by atoms with van der Waals surface area (Å²) >= 11 is 0. The molecule has 0 atom stereocenters. The molecule has 0 aromatic heterocycles. The molecular formula is C7H19NO2Si. The number of nitrogens with two attached hydrogens (primary N) is 1. The van der Waals surface area contributed by atoms with Crippen LogP contribution in [0.2, 0.25) is 18.1 Å². The summed E-state index contributed by atoms with van der Waals surface area (Å²) in [6.45, 7) is 1.29. The Balaban J connectivity index is 3.34. The fraction of sp³-hybridized carbons (Fsp3) is 1.00. The van der Waals surface area contributed by atoms with Crippen LogP contribution in [0.1, 0.15) is 6.42 Å². The molecule has 0 aliphatic heterocycles. The predicted octanol–water partition coefficient (Wildman–Crippen LogP) is -0.453. The van der Waals surface area contributed by atoms with E-state index < -0.39 is 8.80 Å². The van der Waals surface area contributed by atoms with Crippen molar-refractivity contribution in [3.63, 3.8) is 0 Å². The Kier molecular flexibility index (Phi) is 8.27. The van der Waals surface area contributed by atoms with Gasteiger partial charge in [0.15, 0.2) is 0 Å². The Bertz CT molecular complexity index is 76.8. The Morgan fingerprint density at radius 1 is 1.00 bits per heavy atom. The molecule has 0 radical (unpaired) electrons. The van der Waals surface area contributed by atoms with Crippen molar-refractivity contribution < 1.29 is 10.2 Å². The summed E-state index contributed by atoms with van der Waals surface area (Å²) in [5.74, 6) is 0. The molecule has 0 saturated heterocycles. The van der Waals surface area contributed by atoms with Crippen molar-refractivity contribution in [3.05, 3.63) is 0 Å². The molecule has 0 unspecified atom stereocenters. The first kappa shape index (κ1) is 11.1. The number of aliphatic hydroxyl groups excluding tert-OH is 2. The second kappa shape index (κ2) is 8.20. The lowest BCUT2D eigenvalue weighted by atomic mass is 10.5. The second-order valence-corrected chi connectivity index (χ2v) is 6.29. The Morgan fingerprint density at radius 3 is 1.91 bits per heavy atom. The molecule has 3 nitrogen and oxygen atoms in total. The maximum atomic E-state index is 8.68. The summed E-state index contributed by atoms with van der Waals surface area (Å²) in [6, 6.07) is 3.03. The molecule has 0 saturated carbocycles. The van der Waals surface area contributed by atoms with Crippen LogP contribution in [0.4, 0.5) is 0 Å². The lowest BCUT2D eigenvalue weighted by Crippen LogP contribution is -2.17. The number of rotatable bonds is 7. The third kappa shape index (κ3) is 6.49. The predicted molar refractivity (Wildman–Crippen MR) is 49.4 cm³/mol. The number of hydrogen-bond donors (Lipinski definition) is 3.